The van der Waals surface area contributed by atoms with Crippen LogP contribution in [0.4, 0.5) is 0 Å². The molecule has 106 valence electrons. The maximum Gasteiger partial charge on any atom is 0.231 e. The third kappa shape index (κ3) is 2.01. The molecular formula is C16H14N2O2S. The van der Waals surface area contributed by atoms with Crippen molar-refractivity contribution in [3.63, 3.8) is 0 Å². The van der Waals surface area contributed by atoms with E-state index in [-0.39, 0.29) is 0 Å². The van der Waals surface area contributed by atoms with Gasteiger partial charge in [-0.15, -0.1) is 0 Å². The van der Waals surface area contributed by atoms with Gasteiger partial charge in [0.25, 0.3) is 0 Å². The number of hydrogen-bond donors (Lipinski definition) is 1. The van der Waals surface area contributed by atoms with Gasteiger partial charge >= 0.3 is 0 Å². The van der Waals surface area contributed by atoms with E-state index in [9.17, 15) is 0 Å². The molecule has 0 radical (unpaired) electrons. The number of imidazole rings is 1. The second-order valence-corrected chi connectivity index (χ2v) is 5.56. The Kier molecular flexibility index (Phi) is 2.75. The summed E-state index contributed by atoms with van der Waals surface area (Å²) in [5.41, 5.74) is 4.56. The normalized spacial score (nSPS) is 13.0. The van der Waals surface area contributed by atoms with E-state index in [1.54, 1.807) is 0 Å². The van der Waals surface area contributed by atoms with Crippen molar-refractivity contribution < 1.29 is 9.47 Å². The van der Waals surface area contributed by atoms with Crippen LogP contribution < -0.4 is 9.47 Å². The van der Waals surface area contributed by atoms with Gasteiger partial charge in [-0.25, -0.2) is 0 Å². The van der Waals surface area contributed by atoms with Gasteiger partial charge in [0.05, 0.1) is 17.6 Å². The van der Waals surface area contributed by atoms with Crippen molar-refractivity contribution in [1.82, 2.24) is 9.55 Å². The molecular weight excluding hydrogens is 284 g/mol. The first kappa shape index (κ1) is 12.5. The number of nitrogens with one attached hydrogen (secondary N) is 1. The molecule has 3 aromatic rings. The van der Waals surface area contributed by atoms with Gasteiger partial charge in [-0.05, 0) is 48.5 Å². The van der Waals surface area contributed by atoms with Crippen molar-refractivity contribution in [2.75, 3.05) is 6.79 Å². The highest BCUT2D eigenvalue weighted by atomic mass is 32.1. The summed E-state index contributed by atoms with van der Waals surface area (Å²) in [4.78, 5) is 3.29. The number of H-pyrrole nitrogens is 1. The first-order chi connectivity index (χ1) is 10.2. The predicted octanol–water partition coefficient (Wildman–Crippen LogP) is 3.78. The van der Waals surface area contributed by atoms with Crippen molar-refractivity contribution in [3.8, 4) is 11.5 Å². The zero-order valence-corrected chi connectivity index (χ0v) is 12.4. The first-order valence-electron chi connectivity index (χ1n) is 6.79. The molecule has 1 N–H and O–H groups in total. The van der Waals surface area contributed by atoms with Gasteiger partial charge in [0.2, 0.25) is 6.79 Å². The Bertz CT molecular complexity index is 895. The maximum absolute atomic E-state index is 5.46. The van der Waals surface area contributed by atoms with Crippen LogP contribution >= 0.6 is 12.2 Å². The van der Waals surface area contributed by atoms with Crippen molar-refractivity contribution in [2.45, 2.75) is 13.5 Å². The predicted molar refractivity (Wildman–Crippen MR) is 83.5 cm³/mol. The number of aryl methyl sites for hydroxylation is 1. The third-order valence-corrected chi connectivity index (χ3v) is 4.12. The van der Waals surface area contributed by atoms with Crippen LogP contribution in [0.2, 0.25) is 0 Å². The lowest BCUT2D eigenvalue weighted by molar-refractivity contribution is 0.174. The largest absolute Gasteiger partial charge is 0.454 e. The molecule has 0 bridgehead atoms. The van der Waals surface area contributed by atoms with Gasteiger partial charge in [-0.2, -0.15) is 0 Å². The fourth-order valence-corrected chi connectivity index (χ4v) is 2.97. The number of rotatable bonds is 2. The second-order valence-electron chi connectivity index (χ2n) is 5.17. The van der Waals surface area contributed by atoms with Crippen LogP contribution in [-0.2, 0) is 6.54 Å². The molecule has 1 aromatic heterocycles. The molecule has 2 aromatic carbocycles. The monoisotopic (exact) mass is 298 g/mol. The highest BCUT2D eigenvalue weighted by Crippen LogP contribution is 2.33. The average Bonchev–Trinajstić information content (AvgIpc) is 3.05. The number of nitrogens with zero attached hydrogens (tertiary/aromatic N) is 1. The van der Waals surface area contributed by atoms with Crippen molar-refractivity contribution >= 4 is 23.3 Å². The van der Waals surface area contributed by atoms with Crippen LogP contribution in [0.25, 0.3) is 11.0 Å². The summed E-state index contributed by atoms with van der Waals surface area (Å²) >= 11 is 5.46. The van der Waals surface area contributed by atoms with Gasteiger partial charge in [-0.3, -0.25) is 0 Å². The third-order valence-electron chi connectivity index (χ3n) is 3.80. The number of fused-ring (bicyclic) bond motifs is 2. The molecule has 21 heavy (non-hydrogen) atoms. The molecule has 0 fully saturated rings. The first-order valence-corrected chi connectivity index (χ1v) is 7.20. The quantitative estimate of drug-likeness (QED) is 0.732. The van der Waals surface area contributed by atoms with Crippen molar-refractivity contribution in [2.24, 2.45) is 0 Å². The Hall–Kier alpha value is -2.27. The lowest BCUT2D eigenvalue weighted by Crippen LogP contribution is -1.99. The molecule has 4 nitrogen and oxygen atoms in total. The van der Waals surface area contributed by atoms with Crippen LogP contribution in [0.15, 0.2) is 36.4 Å². The highest BCUT2D eigenvalue weighted by Gasteiger charge is 2.14. The molecule has 2 heterocycles. The van der Waals surface area contributed by atoms with Gasteiger partial charge in [-0.1, -0.05) is 18.2 Å². The Morgan fingerprint density at radius 2 is 2.05 bits per heavy atom. The molecule has 0 saturated carbocycles. The number of aromatic amines is 1. The van der Waals surface area contributed by atoms with E-state index < -0.39 is 0 Å². The zero-order valence-electron chi connectivity index (χ0n) is 11.6. The Morgan fingerprint density at radius 3 is 2.95 bits per heavy atom. The van der Waals surface area contributed by atoms with E-state index in [1.165, 1.54) is 5.56 Å². The fraction of sp³-hybridized carbons (Fsp3) is 0.188. The van der Waals surface area contributed by atoms with Gasteiger partial charge < -0.3 is 19.0 Å². The number of benzene rings is 2. The molecule has 0 amide bonds. The summed E-state index contributed by atoms with van der Waals surface area (Å²) in [5.74, 6) is 1.60. The molecule has 0 spiro atoms. The van der Waals surface area contributed by atoms with Crippen LogP contribution in [0.1, 0.15) is 11.1 Å². The summed E-state index contributed by atoms with van der Waals surface area (Å²) in [6.45, 7) is 3.09. The van der Waals surface area contributed by atoms with Crippen LogP contribution in [-0.4, -0.2) is 16.3 Å². The van der Waals surface area contributed by atoms with E-state index in [0.29, 0.717) is 13.3 Å². The summed E-state index contributed by atoms with van der Waals surface area (Å²) in [6.07, 6.45) is 0. The fourth-order valence-electron chi connectivity index (χ4n) is 2.70. The van der Waals surface area contributed by atoms with Crippen LogP contribution in [0.3, 0.4) is 0 Å². The number of ether oxygens (including phenoxy) is 2. The minimum absolute atomic E-state index is 0.296. The molecule has 4 rings (SSSR count). The second kappa shape index (κ2) is 4.63. The molecule has 0 atom stereocenters. The minimum atomic E-state index is 0.296. The number of hydrogen-bond acceptors (Lipinski definition) is 3. The molecule has 0 saturated heterocycles. The SMILES string of the molecule is Cc1cccc2c1[nH]c(=S)n2Cc1ccc2c(c1)OCO2. The summed E-state index contributed by atoms with van der Waals surface area (Å²) in [7, 11) is 0. The lowest BCUT2D eigenvalue weighted by Gasteiger charge is -2.06. The number of aromatic nitrogens is 2. The average molecular weight is 298 g/mol. The minimum Gasteiger partial charge on any atom is -0.454 e. The summed E-state index contributed by atoms with van der Waals surface area (Å²) in [5, 5.41) is 0. The van der Waals surface area contributed by atoms with Crippen molar-refractivity contribution in [3.05, 3.63) is 52.3 Å². The standard InChI is InChI=1S/C16H14N2O2S/c1-10-3-2-4-12-15(10)17-16(21)18(12)8-11-5-6-13-14(7-11)20-9-19-13/h2-7H,8-9H2,1H3,(H,17,21). The van der Waals surface area contributed by atoms with E-state index in [0.717, 1.165) is 32.9 Å². The molecule has 1 aliphatic rings. The van der Waals surface area contributed by atoms with Gasteiger partial charge in [0, 0.05) is 0 Å². The van der Waals surface area contributed by atoms with Gasteiger partial charge in [0.15, 0.2) is 16.3 Å². The van der Waals surface area contributed by atoms with E-state index in [1.807, 2.05) is 18.2 Å². The van der Waals surface area contributed by atoms with Crippen LogP contribution in [0.5, 0.6) is 11.5 Å². The van der Waals surface area contributed by atoms with E-state index in [4.69, 9.17) is 21.7 Å². The maximum atomic E-state index is 5.46. The van der Waals surface area contributed by atoms with E-state index in [2.05, 4.69) is 34.7 Å². The Balaban J connectivity index is 1.79. The summed E-state index contributed by atoms with van der Waals surface area (Å²) < 4.78 is 13.6. The Labute approximate surface area is 126 Å². The molecule has 1 aliphatic heterocycles. The van der Waals surface area contributed by atoms with Crippen molar-refractivity contribution in [1.29, 1.82) is 0 Å². The Morgan fingerprint density at radius 1 is 1.19 bits per heavy atom. The molecule has 0 aliphatic carbocycles. The zero-order chi connectivity index (χ0) is 14.4. The van der Waals surface area contributed by atoms with Crippen LogP contribution in [0, 0.1) is 11.7 Å². The number of para-hydroxylation sites is 1. The smallest absolute Gasteiger partial charge is 0.231 e. The highest BCUT2D eigenvalue weighted by molar-refractivity contribution is 7.71. The van der Waals surface area contributed by atoms with E-state index >= 15 is 0 Å². The topological polar surface area (TPSA) is 39.2 Å². The summed E-state index contributed by atoms with van der Waals surface area (Å²) in [6, 6.07) is 12.2. The lowest BCUT2D eigenvalue weighted by atomic mass is 10.2. The molecule has 5 heteroatoms. The van der Waals surface area contributed by atoms with Gasteiger partial charge in [0.1, 0.15) is 0 Å². The molecule has 0 unspecified atom stereocenters.